The van der Waals surface area contributed by atoms with Gasteiger partial charge in [-0.05, 0) is 24.6 Å². The van der Waals surface area contributed by atoms with Crippen molar-refractivity contribution in [3.63, 3.8) is 0 Å². The Labute approximate surface area is 101 Å². The molecule has 0 aliphatic heterocycles. The average molecular weight is 230 g/mol. The highest BCUT2D eigenvalue weighted by Gasteiger charge is 2.09. The Hall–Kier alpha value is -1.74. The lowest BCUT2D eigenvalue weighted by Crippen LogP contribution is -2.19. The third-order valence-electron chi connectivity index (χ3n) is 2.71. The molecule has 0 fully saturated rings. The average Bonchev–Trinajstić information content (AvgIpc) is 2.38. The Balaban J connectivity index is 1.99. The van der Waals surface area contributed by atoms with Crippen LogP contribution in [0.1, 0.15) is 24.1 Å². The summed E-state index contributed by atoms with van der Waals surface area (Å²) in [5.74, 6) is -0.168. The zero-order valence-electron chi connectivity index (χ0n) is 9.73. The highest BCUT2D eigenvalue weighted by molar-refractivity contribution is 5.20. The number of hydrogen-bond acceptors (Lipinski definition) is 2. The SMILES string of the molecule is C[C@@H](NCc1cccnc1)c1ccccc1F. The van der Waals surface area contributed by atoms with Gasteiger partial charge in [-0.25, -0.2) is 4.39 Å². The van der Waals surface area contributed by atoms with Crippen molar-refractivity contribution in [1.29, 1.82) is 0 Å². The molecule has 2 aromatic rings. The Morgan fingerprint density at radius 3 is 2.76 bits per heavy atom. The Morgan fingerprint density at radius 1 is 1.24 bits per heavy atom. The number of pyridine rings is 1. The van der Waals surface area contributed by atoms with Crippen LogP contribution in [0.4, 0.5) is 4.39 Å². The second-order valence-electron chi connectivity index (χ2n) is 3.99. The van der Waals surface area contributed by atoms with Gasteiger partial charge in [0.2, 0.25) is 0 Å². The number of aromatic nitrogens is 1. The number of halogens is 1. The third kappa shape index (κ3) is 3.11. The van der Waals surface area contributed by atoms with E-state index < -0.39 is 0 Å². The van der Waals surface area contributed by atoms with E-state index in [0.717, 1.165) is 5.56 Å². The third-order valence-corrected chi connectivity index (χ3v) is 2.71. The van der Waals surface area contributed by atoms with Crippen molar-refractivity contribution in [2.45, 2.75) is 19.5 Å². The van der Waals surface area contributed by atoms with Crippen LogP contribution in [0.25, 0.3) is 0 Å². The fraction of sp³-hybridized carbons (Fsp3) is 0.214. The zero-order valence-corrected chi connectivity index (χ0v) is 9.73. The van der Waals surface area contributed by atoms with E-state index in [1.807, 2.05) is 25.1 Å². The minimum Gasteiger partial charge on any atom is -0.306 e. The first-order valence-corrected chi connectivity index (χ1v) is 5.64. The first-order chi connectivity index (χ1) is 8.27. The number of nitrogens with zero attached hydrogens (tertiary/aromatic N) is 1. The first kappa shape index (κ1) is 11.7. The predicted octanol–water partition coefficient (Wildman–Crippen LogP) is 3.07. The quantitative estimate of drug-likeness (QED) is 0.873. The molecule has 0 aliphatic carbocycles. The van der Waals surface area contributed by atoms with Crippen molar-refractivity contribution in [3.8, 4) is 0 Å². The summed E-state index contributed by atoms with van der Waals surface area (Å²) < 4.78 is 13.5. The molecule has 1 atom stereocenters. The van der Waals surface area contributed by atoms with Crippen molar-refractivity contribution in [3.05, 3.63) is 65.7 Å². The molecule has 0 radical (unpaired) electrons. The van der Waals surface area contributed by atoms with Crippen LogP contribution in [0, 0.1) is 5.82 Å². The molecule has 2 rings (SSSR count). The molecule has 88 valence electrons. The summed E-state index contributed by atoms with van der Waals surface area (Å²) in [5.41, 5.74) is 1.78. The normalized spacial score (nSPS) is 12.4. The summed E-state index contributed by atoms with van der Waals surface area (Å²) in [6.45, 7) is 2.64. The summed E-state index contributed by atoms with van der Waals surface area (Å²) in [6.07, 6.45) is 3.55. The highest BCUT2D eigenvalue weighted by atomic mass is 19.1. The molecular weight excluding hydrogens is 215 g/mol. The largest absolute Gasteiger partial charge is 0.306 e. The summed E-state index contributed by atoms with van der Waals surface area (Å²) >= 11 is 0. The fourth-order valence-corrected chi connectivity index (χ4v) is 1.71. The van der Waals surface area contributed by atoms with E-state index in [9.17, 15) is 4.39 Å². The van der Waals surface area contributed by atoms with E-state index in [2.05, 4.69) is 10.3 Å². The molecule has 0 aliphatic rings. The van der Waals surface area contributed by atoms with Gasteiger partial charge in [-0.1, -0.05) is 24.3 Å². The fourth-order valence-electron chi connectivity index (χ4n) is 1.71. The van der Waals surface area contributed by atoms with E-state index in [4.69, 9.17) is 0 Å². The molecule has 0 saturated heterocycles. The first-order valence-electron chi connectivity index (χ1n) is 5.64. The van der Waals surface area contributed by atoms with E-state index in [-0.39, 0.29) is 11.9 Å². The standard InChI is InChI=1S/C14H15FN2/c1-11(13-6-2-3-7-14(13)15)17-10-12-5-4-8-16-9-12/h2-9,11,17H,10H2,1H3/t11-/m1/s1. The zero-order chi connectivity index (χ0) is 12.1. The van der Waals surface area contributed by atoms with Gasteiger partial charge in [-0.15, -0.1) is 0 Å². The molecule has 0 spiro atoms. The monoisotopic (exact) mass is 230 g/mol. The minimum absolute atomic E-state index is 0.0172. The number of benzene rings is 1. The summed E-state index contributed by atoms with van der Waals surface area (Å²) in [6, 6.07) is 10.7. The molecule has 0 bridgehead atoms. The van der Waals surface area contributed by atoms with Crippen LogP contribution < -0.4 is 5.32 Å². The molecule has 1 aromatic carbocycles. The van der Waals surface area contributed by atoms with Crippen molar-refractivity contribution < 1.29 is 4.39 Å². The number of rotatable bonds is 4. The van der Waals surface area contributed by atoms with E-state index in [0.29, 0.717) is 12.1 Å². The molecule has 1 aromatic heterocycles. The second kappa shape index (κ2) is 5.55. The molecule has 0 unspecified atom stereocenters. The van der Waals surface area contributed by atoms with Crippen LogP contribution in [0.15, 0.2) is 48.8 Å². The van der Waals surface area contributed by atoms with E-state index in [1.54, 1.807) is 24.5 Å². The molecule has 1 N–H and O–H groups in total. The smallest absolute Gasteiger partial charge is 0.127 e. The van der Waals surface area contributed by atoms with Gasteiger partial charge >= 0.3 is 0 Å². The van der Waals surface area contributed by atoms with Crippen LogP contribution >= 0.6 is 0 Å². The van der Waals surface area contributed by atoms with Gasteiger partial charge in [0.05, 0.1) is 0 Å². The van der Waals surface area contributed by atoms with Crippen molar-refractivity contribution in [2.24, 2.45) is 0 Å². The van der Waals surface area contributed by atoms with Crippen LogP contribution in [-0.2, 0) is 6.54 Å². The molecule has 0 amide bonds. The van der Waals surface area contributed by atoms with Crippen LogP contribution in [0.5, 0.6) is 0 Å². The van der Waals surface area contributed by atoms with E-state index in [1.165, 1.54) is 6.07 Å². The summed E-state index contributed by atoms with van der Waals surface area (Å²) in [7, 11) is 0. The van der Waals surface area contributed by atoms with Crippen molar-refractivity contribution >= 4 is 0 Å². The van der Waals surface area contributed by atoms with Crippen molar-refractivity contribution in [2.75, 3.05) is 0 Å². The lowest BCUT2D eigenvalue weighted by Gasteiger charge is -2.14. The lowest BCUT2D eigenvalue weighted by molar-refractivity contribution is 0.528. The number of nitrogens with one attached hydrogen (secondary N) is 1. The molecule has 2 nitrogen and oxygen atoms in total. The van der Waals surface area contributed by atoms with Gasteiger partial charge in [0.25, 0.3) is 0 Å². The Bertz CT molecular complexity index is 471. The topological polar surface area (TPSA) is 24.9 Å². The highest BCUT2D eigenvalue weighted by Crippen LogP contribution is 2.16. The van der Waals surface area contributed by atoms with Gasteiger partial charge in [0, 0.05) is 30.5 Å². The summed E-state index contributed by atoms with van der Waals surface area (Å²) in [5, 5.41) is 3.28. The molecule has 17 heavy (non-hydrogen) atoms. The maximum Gasteiger partial charge on any atom is 0.127 e. The molecular formula is C14H15FN2. The molecule has 1 heterocycles. The minimum atomic E-state index is -0.168. The second-order valence-corrected chi connectivity index (χ2v) is 3.99. The number of hydrogen-bond donors (Lipinski definition) is 1. The van der Waals surface area contributed by atoms with Gasteiger partial charge in [-0.3, -0.25) is 4.98 Å². The van der Waals surface area contributed by atoms with Crippen LogP contribution in [-0.4, -0.2) is 4.98 Å². The predicted molar refractivity (Wildman–Crippen MR) is 65.9 cm³/mol. The van der Waals surface area contributed by atoms with Crippen LogP contribution in [0.3, 0.4) is 0 Å². The van der Waals surface area contributed by atoms with Gasteiger partial charge in [0.15, 0.2) is 0 Å². The maximum absolute atomic E-state index is 13.5. The molecule has 0 saturated carbocycles. The molecule has 3 heteroatoms. The summed E-state index contributed by atoms with van der Waals surface area (Å²) in [4.78, 5) is 4.04. The van der Waals surface area contributed by atoms with E-state index >= 15 is 0 Å². The van der Waals surface area contributed by atoms with Gasteiger partial charge < -0.3 is 5.32 Å². The van der Waals surface area contributed by atoms with Gasteiger partial charge in [-0.2, -0.15) is 0 Å². The maximum atomic E-state index is 13.5. The Kier molecular flexibility index (Phi) is 3.83. The van der Waals surface area contributed by atoms with Crippen molar-refractivity contribution in [1.82, 2.24) is 10.3 Å². The van der Waals surface area contributed by atoms with Gasteiger partial charge in [0.1, 0.15) is 5.82 Å². The van der Waals surface area contributed by atoms with Crippen LogP contribution in [0.2, 0.25) is 0 Å². The Morgan fingerprint density at radius 2 is 2.06 bits per heavy atom. The lowest BCUT2D eigenvalue weighted by atomic mass is 10.1.